The van der Waals surface area contributed by atoms with E-state index in [2.05, 4.69) is 31.1 Å². The van der Waals surface area contributed by atoms with Crippen LogP contribution in [0.25, 0.3) is 0 Å². The zero-order valence-corrected chi connectivity index (χ0v) is 9.12. The molecule has 0 saturated carbocycles. The summed E-state index contributed by atoms with van der Waals surface area (Å²) in [6.45, 7) is 7.63. The van der Waals surface area contributed by atoms with Crippen molar-refractivity contribution in [3.05, 3.63) is 18.5 Å². The maximum absolute atomic E-state index is 5.76. The van der Waals surface area contributed by atoms with Crippen molar-refractivity contribution in [1.29, 1.82) is 0 Å². The zero-order valence-electron chi connectivity index (χ0n) is 9.12. The van der Waals surface area contributed by atoms with Gasteiger partial charge in [-0.1, -0.05) is 20.8 Å². The van der Waals surface area contributed by atoms with Gasteiger partial charge in [-0.2, -0.15) is 0 Å². The van der Waals surface area contributed by atoms with E-state index in [1.165, 1.54) is 0 Å². The normalized spacial score (nSPS) is 12.9. The Hall–Kier alpha value is -1.25. The van der Waals surface area contributed by atoms with Gasteiger partial charge in [-0.25, -0.2) is 0 Å². The van der Waals surface area contributed by atoms with E-state index < -0.39 is 0 Å². The first-order valence-corrected chi connectivity index (χ1v) is 5.04. The summed E-state index contributed by atoms with van der Waals surface area (Å²) in [7, 11) is 0. The monoisotopic (exact) mass is 193 g/mol. The minimum absolute atomic E-state index is 0.641. The summed E-state index contributed by atoms with van der Waals surface area (Å²) in [6.07, 6.45) is 3.42. The summed E-state index contributed by atoms with van der Waals surface area (Å²) >= 11 is 0. The average Bonchev–Trinajstić information content (AvgIpc) is 2.16. The van der Waals surface area contributed by atoms with Gasteiger partial charge >= 0.3 is 0 Å². The lowest BCUT2D eigenvalue weighted by Gasteiger charge is -2.17. The molecule has 14 heavy (non-hydrogen) atoms. The summed E-state index contributed by atoms with van der Waals surface area (Å²) in [5.74, 6) is 1.33. The highest BCUT2D eigenvalue weighted by Gasteiger charge is 2.07. The molecule has 1 aromatic heterocycles. The number of nitrogen functional groups attached to an aromatic ring is 1. The molecule has 1 atom stereocenters. The molecule has 0 bridgehead atoms. The van der Waals surface area contributed by atoms with Gasteiger partial charge in [0.05, 0.1) is 17.6 Å². The number of nitrogens with one attached hydrogen (secondary N) is 1. The third kappa shape index (κ3) is 2.91. The average molecular weight is 193 g/mol. The molecule has 3 heteroatoms. The van der Waals surface area contributed by atoms with Gasteiger partial charge in [-0.05, 0) is 17.9 Å². The quantitative estimate of drug-likeness (QED) is 0.771. The maximum Gasteiger partial charge on any atom is 0.0736 e. The molecule has 1 rings (SSSR count). The van der Waals surface area contributed by atoms with Crippen molar-refractivity contribution in [2.45, 2.75) is 20.8 Å². The van der Waals surface area contributed by atoms with Crippen LogP contribution in [0.3, 0.4) is 0 Å². The third-order valence-electron chi connectivity index (χ3n) is 2.60. The van der Waals surface area contributed by atoms with E-state index in [-0.39, 0.29) is 0 Å². The lowest BCUT2D eigenvalue weighted by molar-refractivity contribution is 0.440. The van der Waals surface area contributed by atoms with E-state index in [1.54, 1.807) is 12.4 Å². The fraction of sp³-hybridized carbons (Fsp3) is 0.545. The minimum atomic E-state index is 0.641. The van der Waals surface area contributed by atoms with E-state index in [0.29, 0.717) is 17.5 Å². The number of rotatable bonds is 4. The molecule has 0 spiro atoms. The van der Waals surface area contributed by atoms with E-state index in [1.807, 2.05) is 6.07 Å². The second kappa shape index (κ2) is 4.84. The van der Waals surface area contributed by atoms with Crippen LogP contribution in [0.15, 0.2) is 18.5 Å². The molecular weight excluding hydrogens is 174 g/mol. The molecule has 3 nitrogen and oxygen atoms in total. The molecule has 1 heterocycles. The van der Waals surface area contributed by atoms with Gasteiger partial charge in [0.25, 0.3) is 0 Å². The van der Waals surface area contributed by atoms with Gasteiger partial charge in [0.2, 0.25) is 0 Å². The molecule has 1 unspecified atom stereocenters. The van der Waals surface area contributed by atoms with E-state index in [9.17, 15) is 0 Å². The second-order valence-corrected chi connectivity index (χ2v) is 4.07. The molecule has 78 valence electrons. The fourth-order valence-electron chi connectivity index (χ4n) is 1.07. The molecule has 0 aliphatic heterocycles. The van der Waals surface area contributed by atoms with Crippen LogP contribution in [0.1, 0.15) is 20.8 Å². The SMILES string of the molecule is CC(C)C(C)CNc1ccncc1N. The number of pyridine rings is 1. The van der Waals surface area contributed by atoms with Crippen LogP contribution in [0.5, 0.6) is 0 Å². The summed E-state index contributed by atoms with van der Waals surface area (Å²) in [5, 5.41) is 3.33. The molecule has 0 aliphatic rings. The van der Waals surface area contributed by atoms with Crippen LogP contribution in [0.2, 0.25) is 0 Å². The molecule has 3 N–H and O–H groups in total. The van der Waals surface area contributed by atoms with Gasteiger partial charge in [0.15, 0.2) is 0 Å². The first-order valence-electron chi connectivity index (χ1n) is 5.04. The molecule has 0 fully saturated rings. The lowest BCUT2D eigenvalue weighted by Crippen LogP contribution is -2.16. The molecule has 0 amide bonds. The Morgan fingerprint density at radius 2 is 2.14 bits per heavy atom. The van der Waals surface area contributed by atoms with Crippen molar-refractivity contribution in [3.8, 4) is 0 Å². The molecule has 1 aromatic rings. The van der Waals surface area contributed by atoms with Crippen LogP contribution in [0.4, 0.5) is 11.4 Å². The van der Waals surface area contributed by atoms with Crippen molar-refractivity contribution in [3.63, 3.8) is 0 Å². The first kappa shape index (κ1) is 10.8. The van der Waals surface area contributed by atoms with Crippen molar-refractivity contribution in [2.75, 3.05) is 17.6 Å². The Balaban J connectivity index is 2.50. The van der Waals surface area contributed by atoms with Crippen molar-refractivity contribution in [2.24, 2.45) is 11.8 Å². The summed E-state index contributed by atoms with van der Waals surface area (Å²) in [4.78, 5) is 3.94. The predicted molar refractivity (Wildman–Crippen MR) is 61.1 cm³/mol. The molecule has 0 radical (unpaired) electrons. The molecular formula is C11H19N3. The fourth-order valence-corrected chi connectivity index (χ4v) is 1.07. The van der Waals surface area contributed by atoms with Crippen LogP contribution in [-0.2, 0) is 0 Å². The van der Waals surface area contributed by atoms with Crippen molar-refractivity contribution < 1.29 is 0 Å². The number of hydrogen-bond donors (Lipinski definition) is 2. The minimum Gasteiger partial charge on any atom is -0.396 e. The second-order valence-electron chi connectivity index (χ2n) is 4.07. The number of nitrogens with two attached hydrogens (primary N) is 1. The summed E-state index contributed by atoms with van der Waals surface area (Å²) < 4.78 is 0. The Kier molecular flexibility index (Phi) is 3.74. The Morgan fingerprint density at radius 3 is 2.71 bits per heavy atom. The number of hydrogen-bond acceptors (Lipinski definition) is 3. The smallest absolute Gasteiger partial charge is 0.0736 e. The summed E-state index contributed by atoms with van der Waals surface area (Å²) in [6, 6.07) is 1.91. The maximum atomic E-state index is 5.76. The number of nitrogens with zero attached hydrogens (tertiary/aromatic N) is 1. The van der Waals surface area contributed by atoms with E-state index in [4.69, 9.17) is 5.73 Å². The van der Waals surface area contributed by atoms with Crippen LogP contribution in [-0.4, -0.2) is 11.5 Å². The Morgan fingerprint density at radius 1 is 1.43 bits per heavy atom. The Labute approximate surface area is 85.7 Å². The number of aromatic nitrogens is 1. The number of anilines is 2. The molecule has 0 aromatic carbocycles. The van der Waals surface area contributed by atoms with Gasteiger partial charge in [0.1, 0.15) is 0 Å². The largest absolute Gasteiger partial charge is 0.396 e. The standard InChI is InChI=1S/C11H19N3/c1-8(2)9(3)6-14-11-4-5-13-7-10(11)12/h4-5,7-9H,6,12H2,1-3H3,(H,13,14). The topological polar surface area (TPSA) is 50.9 Å². The van der Waals surface area contributed by atoms with E-state index >= 15 is 0 Å². The molecule has 0 aliphatic carbocycles. The van der Waals surface area contributed by atoms with Gasteiger partial charge in [-0.15, -0.1) is 0 Å². The van der Waals surface area contributed by atoms with Gasteiger partial charge in [-0.3, -0.25) is 4.98 Å². The summed E-state index contributed by atoms with van der Waals surface area (Å²) in [5.41, 5.74) is 7.45. The lowest BCUT2D eigenvalue weighted by atomic mass is 9.98. The third-order valence-corrected chi connectivity index (χ3v) is 2.60. The van der Waals surface area contributed by atoms with E-state index in [0.717, 1.165) is 12.2 Å². The highest BCUT2D eigenvalue weighted by Crippen LogP contribution is 2.17. The Bertz CT molecular complexity index is 284. The van der Waals surface area contributed by atoms with Crippen molar-refractivity contribution in [1.82, 2.24) is 4.98 Å². The highest BCUT2D eigenvalue weighted by atomic mass is 14.9. The van der Waals surface area contributed by atoms with Crippen LogP contribution < -0.4 is 11.1 Å². The van der Waals surface area contributed by atoms with Crippen LogP contribution in [0, 0.1) is 11.8 Å². The predicted octanol–water partition coefficient (Wildman–Crippen LogP) is 2.37. The molecule has 0 saturated heterocycles. The zero-order chi connectivity index (χ0) is 10.6. The van der Waals surface area contributed by atoms with Crippen molar-refractivity contribution >= 4 is 11.4 Å². The van der Waals surface area contributed by atoms with Gasteiger partial charge in [0, 0.05) is 12.7 Å². The van der Waals surface area contributed by atoms with Crippen LogP contribution >= 0.6 is 0 Å². The highest BCUT2D eigenvalue weighted by molar-refractivity contribution is 5.64. The first-order chi connectivity index (χ1) is 6.61. The van der Waals surface area contributed by atoms with Gasteiger partial charge < -0.3 is 11.1 Å².